The van der Waals surface area contributed by atoms with E-state index in [1.54, 1.807) is 13.8 Å². The van der Waals surface area contributed by atoms with Gasteiger partial charge in [-0.15, -0.1) is 0 Å². The number of ether oxygens (including phenoxy) is 2. The molecular weight excluding hydrogens is 400 g/mol. The normalized spacial score (nSPS) is 11.0. The molecule has 0 saturated heterocycles. The first-order valence-electron chi connectivity index (χ1n) is 11.8. The number of amides is 2. The van der Waals surface area contributed by atoms with Crippen LogP contribution in [0.1, 0.15) is 91.9 Å². The largest absolute Gasteiger partial charge is 0.465 e. The lowest BCUT2D eigenvalue weighted by molar-refractivity contribution is -0.173. The summed E-state index contributed by atoms with van der Waals surface area (Å²) in [5, 5.41) is 5.53. The number of carbonyl (C=O) groups excluding carboxylic acids is 4. The fourth-order valence-electron chi connectivity index (χ4n) is 3.50. The molecule has 2 N–H and O–H groups in total. The van der Waals surface area contributed by atoms with Crippen LogP contribution < -0.4 is 10.6 Å². The lowest BCUT2D eigenvalue weighted by Gasteiger charge is -2.29. The summed E-state index contributed by atoms with van der Waals surface area (Å²) in [5.41, 5.74) is -1.33. The molecule has 2 amide bonds. The van der Waals surface area contributed by atoms with E-state index in [4.69, 9.17) is 9.47 Å². The van der Waals surface area contributed by atoms with Crippen molar-refractivity contribution in [2.24, 2.45) is 5.41 Å². The third kappa shape index (κ3) is 11.7. The molecule has 0 spiro atoms. The Balaban J connectivity index is 4.97. The van der Waals surface area contributed by atoms with Gasteiger partial charge in [0, 0.05) is 25.9 Å². The zero-order valence-corrected chi connectivity index (χ0v) is 19.8. The van der Waals surface area contributed by atoms with Crippen molar-refractivity contribution >= 4 is 23.8 Å². The summed E-state index contributed by atoms with van der Waals surface area (Å²) >= 11 is 0. The topological polar surface area (TPSA) is 111 Å². The fourth-order valence-corrected chi connectivity index (χ4v) is 3.50. The maximum Gasteiger partial charge on any atom is 0.323 e. The van der Waals surface area contributed by atoms with Crippen LogP contribution in [-0.2, 0) is 28.7 Å². The van der Waals surface area contributed by atoms with E-state index in [2.05, 4.69) is 10.6 Å². The monoisotopic (exact) mass is 442 g/mol. The molecule has 0 radical (unpaired) electrons. The van der Waals surface area contributed by atoms with Gasteiger partial charge in [-0.2, -0.15) is 0 Å². The number of hydrogen-bond donors (Lipinski definition) is 2. The van der Waals surface area contributed by atoms with Crippen LogP contribution in [0.2, 0.25) is 0 Å². The van der Waals surface area contributed by atoms with Crippen LogP contribution in [0.25, 0.3) is 0 Å². The van der Waals surface area contributed by atoms with Gasteiger partial charge < -0.3 is 20.1 Å². The van der Waals surface area contributed by atoms with Gasteiger partial charge in [-0.1, -0.05) is 25.7 Å². The third-order valence-corrected chi connectivity index (χ3v) is 5.10. The highest BCUT2D eigenvalue weighted by atomic mass is 16.6. The Labute approximate surface area is 187 Å². The smallest absolute Gasteiger partial charge is 0.323 e. The Morgan fingerprint density at radius 2 is 1.00 bits per heavy atom. The number of esters is 2. The second kappa shape index (κ2) is 17.5. The van der Waals surface area contributed by atoms with Gasteiger partial charge in [0.2, 0.25) is 11.8 Å². The number of rotatable bonds is 18. The fraction of sp³-hybridized carbons (Fsp3) is 0.826. The van der Waals surface area contributed by atoms with Crippen LogP contribution in [0.3, 0.4) is 0 Å². The molecule has 0 saturated carbocycles. The van der Waals surface area contributed by atoms with Crippen molar-refractivity contribution in [1.82, 2.24) is 10.6 Å². The lowest BCUT2D eigenvalue weighted by Crippen LogP contribution is -2.42. The molecule has 0 fully saturated rings. The van der Waals surface area contributed by atoms with Crippen molar-refractivity contribution in [1.29, 1.82) is 0 Å². The standard InChI is InChI=1S/C23H42N2O6/c1-5-24-19(26)15-11-9-13-17-23(21(28)30-7-3,22(29)31-8-4)18-14-10-12-16-20(27)25-6-2/h5-18H2,1-4H3,(H,24,26)(H,25,27). The highest BCUT2D eigenvalue weighted by molar-refractivity contribution is 6.00. The van der Waals surface area contributed by atoms with Crippen molar-refractivity contribution in [2.45, 2.75) is 91.9 Å². The van der Waals surface area contributed by atoms with Gasteiger partial charge in [0.15, 0.2) is 5.41 Å². The van der Waals surface area contributed by atoms with Gasteiger partial charge in [-0.3, -0.25) is 19.2 Å². The Kier molecular flexibility index (Phi) is 16.3. The number of hydrogen-bond acceptors (Lipinski definition) is 6. The molecule has 0 rings (SSSR count). The van der Waals surface area contributed by atoms with E-state index in [1.165, 1.54) is 0 Å². The predicted molar refractivity (Wildman–Crippen MR) is 119 cm³/mol. The molecule has 0 aromatic heterocycles. The minimum atomic E-state index is -1.33. The second-order valence-corrected chi connectivity index (χ2v) is 7.55. The molecule has 0 bridgehead atoms. The minimum absolute atomic E-state index is 0.0108. The van der Waals surface area contributed by atoms with Crippen LogP contribution in [0.4, 0.5) is 0 Å². The molecule has 8 nitrogen and oxygen atoms in total. The first kappa shape index (κ1) is 28.9. The molecule has 0 aliphatic heterocycles. The molecule has 0 unspecified atom stereocenters. The Hall–Kier alpha value is -2.12. The van der Waals surface area contributed by atoms with E-state index in [0.29, 0.717) is 64.5 Å². The van der Waals surface area contributed by atoms with E-state index in [-0.39, 0.29) is 25.0 Å². The van der Waals surface area contributed by atoms with Gasteiger partial charge >= 0.3 is 11.9 Å². The van der Waals surface area contributed by atoms with Crippen molar-refractivity contribution in [3.63, 3.8) is 0 Å². The van der Waals surface area contributed by atoms with Crippen molar-refractivity contribution < 1.29 is 28.7 Å². The Morgan fingerprint density at radius 3 is 1.32 bits per heavy atom. The third-order valence-electron chi connectivity index (χ3n) is 5.10. The summed E-state index contributed by atoms with van der Waals surface area (Å²) < 4.78 is 10.5. The van der Waals surface area contributed by atoms with E-state index >= 15 is 0 Å². The van der Waals surface area contributed by atoms with E-state index in [9.17, 15) is 19.2 Å². The Bertz CT molecular complexity index is 502. The summed E-state index contributed by atoms with van der Waals surface area (Å²) in [6, 6.07) is 0. The molecule has 8 heteroatoms. The molecule has 0 aromatic carbocycles. The molecule has 0 heterocycles. The van der Waals surface area contributed by atoms with E-state index in [1.807, 2.05) is 13.8 Å². The van der Waals surface area contributed by atoms with Crippen molar-refractivity contribution in [2.75, 3.05) is 26.3 Å². The zero-order chi connectivity index (χ0) is 23.5. The summed E-state index contributed by atoms with van der Waals surface area (Å²) in [7, 11) is 0. The van der Waals surface area contributed by atoms with Crippen LogP contribution in [0.15, 0.2) is 0 Å². The van der Waals surface area contributed by atoms with E-state index in [0.717, 1.165) is 12.8 Å². The number of unbranched alkanes of at least 4 members (excludes halogenated alkanes) is 4. The first-order valence-corrected chi connectivity index (χ1v) is 11.8. The van der Waals surface area contributed by atoms with Gasteiger partial charge in [-0.25, -0.2) is 0 Å². The van der Waals surface area contributed by atoms with Gasteiger partial charge in [-0.05, 0) is 53.4 Å². The van der Waals surface area contributed by atoms with Crippen LogP contribution in [0.5, 0.6) is 0 Å². The van der Waals surface area contributed by atoms with Gasteiger partial charge in [0.05, 0.1) is 13.2 Å². The maximum atomic E-state index is 12.8. The second-order valence-electron chi connectivity index (χ2n) is 7.55. The molecule has 180 valence electrons. The van der Waals surface area contributed by atoms with Crippen LogP contribution in [0, 0.1) is 5.41 Å². The van der Waals surface area contributed by atoms with E-state index < -0.39 is 17.4 Å². The van der Waals surface area contributed by atoms with Gasteiger partial charge in [0.25, 0.3) is 0 Å². The van der Waals surface area contributed by atoms with Crippen molar-refractivity contribution in [3.8, 4) is 0 Å². The predicted octanol–water partition coefficient (Wildman–Crippen LogP) is 3.27. The zero-order valence-electron chi connectivity index (χ0n) is 19.8. The molecule has 0 aliphatic carbocycles. The van der Waals surface area contributed by atoms with Crippen LogP contribution in [-0.4, -0.2) is 50.1 Å². The quantitative estimate of drug-likeness (QED) is 0.191. The lowest BCUT2D eigenvalue weighted by atomic mass is 9.77. The Morgan fingerprint density at radius 1 is 0.613 bits per heavy atom. The molecule has 0 atom stereocenters. The highest BCUT2D eigenvalue weighted by Crippen LogP contribution is 2.35. The molecule has 0 aromatic rings. The minimum Gasteiger partial charge on any atom is -0.465 e. The molecular formula is C23H42N2O6. The van der Waals surface area contributed by atoms with Crippen LogP contribution >= 0.6 is 0 Å². The summed E-state index contributed by atoms with van der Waals surface area (Å²) in [6.07, 6.45) is 5.61. The number of carbonyl (C=O) groups is 4. The summed E-state index contributed by atoms with van der Waals surface area (Å²) in [5.74, 6) is -1.06. The average Bonchev–Trinajstić information content (AvgIpc) is 2.72. The molecule has 31 heavy (non-hydrogen) atoms. The summed E-state index contributed by atoms with van der Waals surface area (Å²) in [4.78, 5) is 48.9. The van der Waals surface area contributed by atoms with Gasteiger partial charge in [0.1, 0.15) is 0 Å². The first-order chi connectivity index (χ1) is 14.9. The van der Waals surface area contributed by atoms with Crippen molar-refractivity contribution in [3.05, 3.63) is 0 Å². The molecule has 0 aliphatic rings. The summed E-state index contributed by atoms with van der Waals surface area (Å²) in [6.45, 7) is 8.77. The SMILES string of the molecule is CCNC(=O)CCCCCC(CCCCCC(=O)NCC)(C(=O)OCC)C(=O)OCC. The maximum absolute atomic E-state index is 12.8. The number of nitrogens with one attached hydrogen (secondary N) is 2. The average molecular weight is 443 g/mol. The highest BCUT2D eigenvalue weighted by Gasteiger charge is 2.47.